The predicted octanol–water partition coefficient (Wildman–Crippen LogP) is 21.0. The lowest BCUT2D eigenvalue weighted by molar-refractivity contribution is -0.161. The summed E-state index contributed by atoms with van der Waals surface area (Å²) in [5, 5.41) is 10.6. The lowest BCUT2D eigenvalue weighted by Gasteiger charge is -2.21. The van der Waals surface area contributed by atoms with E-state index in [4.69, 9.17) is 37.0 Å². The van der Waals surface area contributed by atoms with Crippen LogP contribution in [-0.4, -0.2) is 96.7 Å². The maximum atomic E-state index is 13.1. The van der Waals surface area contributed by atoms with Gasteiger partial charge in [-0.15, -0.1) is 0 Å². The summed E-state index contributed by atoms with van der Waals surface area (Å²) in [5.74, 6) is -2.47. The molecule has 5 atom stereocenters. The minimum absolute atomic E-state index is 0.0137. The second kappa shape index (κ2) is 71.3. The molecule has 19 heteroatoms. The number of allylic oxidation sites excluding steroid dienone is 31. The van der Waals surface area contributed by atoms with Crippen molar-refractivity contribution in [3.8, 4) is 0 Å². The Hall–Kier alpha value is -6.10. The lowest BCUT2D eigenvalue weighted by Crippen LogP contribution is -2.30. The van der Waals surface area contributed by atoms with Crippen molar-refractivity contribution in [1.82, 2.24) is 0 Å². The van der Waals surface area contributed by atoms with Crippen LogP contribution in [0.3, 0.4) is 0 Å². The minimum atomic E-state index is -5.02. The fourth-order valence-electron chi connectivity index (χ4n) is 8.64. The number of aliphatic hydroxyl groups excluding tert-OH is 1. The summed E-state index contributed by atoms with van der Waals surface area (Å²) >= 11 is 0. The average Bonchev–Trinajstić information content (AvgIpc) is 1.01. The first-order chi connectivity index (χ1) is 48.7. The standard InChI is InChI=1S/C81H126O17P2/c1-5-9-13-17-21-25-29-33-37-41-45-49-53-57-61-65-78(83)91-71-76(97-80(85)67-63-59-55-51-47-43-39-35-31-27-23-19-15-11-7-3)73-95-99(87,88)93-69-75(82)70-94-100(89,90)96-74-77(98-81(86)68-64-60-56-52-48-44-40-36-32-28-24-20-16-12-8-4)72-92-79(84)66-62-58-54-50-46-42-38-34-30-26-22-18-14-10-6-2/h9-16,21-28,33-40,45-47,49-51,57,61,75-77,82H,5-8,17-20,29-32,41-44,48,52-56,58-60,62-74H2,1-4H3,(H,87,88)(H,89,90)/b13-9-,14-10-,15-11-,16-12-,25-21-,26-22-,27-23-,28-24-,37-33-,38-34-,39-35-,40-36-,49-45-,50-46-,51-47-,61-57-. The SMILES string of the molecule is CC/C=C\C/C=C\C/C=C\C/C=C\C/C=C\CC(=O)OCC(COP(=O)(O)OCC(O)COP(=O)(O)OCC(COC(=O)CCCC/C=C\C/C=C\C/C=C\C/C=C\CC)OC(=O)CCCCCCC/C=C\C/C=C\C/C=C\CC)OC(=O)CCCC/C=C\C/C=C\C/C=C\C/C=C\CC. The van der Waals surface area contributed by atoms with Crippen LogP contribution in [-0.2, 0) is 65.4 Å². The van der Waals surface area contributed by atoms with Gasteiger partial charge in [-0.25, -0.2) is 9.13 Å². The van der Waals surface area contributed by atoms with E-state index in [9.17, 15) is 43.2 Å². The first-order valence-electron chi connectivity index (χ1n) is 36.7. The highest BCUT2D eigenvalue weighted by Gasteiger charge is 2.30. The Kier molecular flexibility index (Phi) is 67.0. The normalized spacial score (nSPS) is 15.1. The Balaban J connectivity index is 5.54. The Morgan fingerprint density at radius 1 is 0.290 bits per heavy atom. The average molecular weight is 1430 g/mol. The topological polar surface area (TPSA) is 237 Å². The number of phosphoric acid groups is 2. The van der Waals surface area contributed by atoms with Crippen LogP contribution >= 0.6 is 15.6 Å². The van der Waals surface area contributed by atoms with Gasteiger partial charge in [0.05, 0.1) is 32.8 Å². The number of hydrogen-bond donors (Lipinski definition) is 3. The molecule has 0 radical (unpaired) electrons. The smallest absolute Gasteiger partial charge is 0.462 e. The third-order valence-electron chi connectivity index (χ3n) is 14.1. The van der Waals surface area contributed by atoms with Crippen LogP contribution in [0.25, 0.3) is 0 Å². The van der Waals surface area contributed by atoms with Crippen molar-refractivity contribution in [2.75, 3.05) is 39.6 Å². The third kappa shape index (κ3) is 70.3. The molecule has 0 aliphatic carbocycles. The summed E-state index contributed by atoms with van der Waals surface area (Å²) in [4.78, 5) is 72.7. The third-order valence-corrected chi connectivity index (χ3v) is 16.0. The number of rotatable bonds is 66. The number of esters is 4. The molecule has 0 aliphatic rings. The molecule has 17 nitrogen and oxygen atoms in total. The molecular weight excluding hydrogens is 1310 g/mol. The molecule has 0 aliphatic heterocycles. The van der Waals surface area contributed by atoms with E-state index in [1.54, 1.807) is 6.08 Å². The lowest BCUT2D eigenvalue weighted by atomic mass is 10.1. The monoisotopic (exact) mass is 1430 g/mol. The Bertz CT molecular complexity index is 2670. The van der Waals surface area contributed by atoms with Crippen molar-refractivity contribution in [2.24, 2.45) is 0 Å². The molecule has 0 fully saturated rings. The summed E-state index contributed by atoms with van der Waals surface area (Å²) in [6.07, 6.45) is 86.2. The number of ether oxygens (including phenoxy) is 4. The molecular formula is C81H126O17P2. The summed E-state index contributed by atoms with van der Waals surface area (Å²) in [7, 11) is -10.0. The van der Waals surface area contributed by atoms with Crippen molar-refractivity contribution in [3.63, 3.8) is 0 Å². The first-order valence-corrected chi connectivity index (χ1v) is 39.7. The van der Waals surface area contributed by atoms with Crippen LogP contribution in [0.4, 0.5) is 0 Å². The van der Waals surface area contributed by atoms with Crippen molar-refractivity contribution < 1.29 is 80.2 Å². The van der Waals surface area contributed by atoms with Crippen LogP contribution in [0.5, 0.6) is 0 Å². The molecule has 0 heterocycles. The summed E-state index contributed by atoms with van der Waals surface area (Å²) < 4.78 is 68.2. The molecule has 0 aromatic carbocycles. The van der Waals surface area contributed by atoms with Gasteiger partial charge in [0.1, 0.15) is 19.3 Å². The number of unbranched alkanes of at least 4 members (excludes halogenated alkanes) is 9. The van der Waals surface area contributed by atoms with E-state index in [0.29, 0.717) is 32.1 Å². The van der Waals surface area contributed by atoms with Gasteiger partial charge >= 0.3 is 39.5 Å². The van der Waals surface area contributed by atoms with Crippen LogP contribution in [0.2, 0.25) is 0 Å². The molecule has 562 valence electrons. The molecule has 0 saturated heterocycles. The highest BCUT2D eigenvalue weighted by Crippen LogP contribution is 2.45. The van der Waals surface area contributed by atoms with E-state index in [2.05, 4.69) is 192 Å². The van der Waals surface area contributed by atoms with E-state index < -0.39 is 97.5 Å². The molecule has 100 heavy (non-hydrogen) atoms. The van der Waals surface area contributed by atoms with Crippen LogP contribution in [0.1, 0.15) is 233 Å². The fourth-order valence-corrected chi connectivity index (χ4v) is 10.2. The van der Waals surface area contributed by atoms with Gasteiger partial charge in [0.25, 0.3) is 0 Å². The number of hydrogen-bond acceptors (Lipinski definition) is 15. The van der Waals surface area contributed by atoms with Gasteiger partial charge in [0.15, 0.2) is 12.2 Å². The van der Waals surface area contributed by atoms with Gasteiger partial charge in [-0.3, -0.25) is 37.3 Å². The maximum absolute atomic E-state index is 13.1. The van der Waals surface area contributed by atoms with Crippen molar-refractivity contribution in [3.05, 3.63) is 194 Å². The molecule has 0 spiro atoms. The molecule has 0 aromatic heterocycles. The van der Waals surface area contributed by atoms with Crippen LogP contribution in [0, 0.1) is 0 Å². The Labute approximate surface area is 602 Å². The molecule has 3 N–H and O–H groups in total. The minimum Gasteiger partial charge on any atom is -0.462 e. The van der Waals surface area contributed by atoms with Gasteiger partial charge in [-0.05, 0) is 161 Å². The van der Waals surface area contributed by atoms with Gasteiger partial charge < -0.3 is 33.8 Å². The largest absolute Gasteiger partial charge is 0.472 e. The van der Waals surface area contributed by atoms with E-state index in [1.807, 2.05) is 24.3 Å². The van der Waals surface area contributed by atoms with Gasteiger partial charge in [-0.2, -0.15) is 0 Å². The number of phosphoric ester groups is 2. The zero-order valence-electron chi connectivity index (χ0n) is 61.0. The van der Waals surface area contributed by atoms with Gasteiger partial charge in [-0.1, -0.05) is 241 Å². The number of carbonyl (C=O) groups excluding carboxylic acids is 4. The molecule has 0 saturated carbocycles. The number of aliphatic hydroxyl groups is 1. The Morgan fingerprint density at radius 2 is 0.530 bits per heavy atom. The van der Waals surface area contributed by atoms with Crippen molar-refractivity contribution in [2.45, 2.75) is 251 Å². The zero-order valence-corrected chi connectivity index (χ0v) is 62.8. The molecule has 0 bridgehead atoms. The quantitative estimate of drug-likeness (QED) is 0.0169. The molecule has 5 unspecified atom stereocenters. The van der Waals surface area contributed by atoms with Crippen molar-refractivity contribution >= 4 is 39.5 Å². The van der Waals surface area contributed by atoms with Crippen LogP contribution < -0.4 is 0 Å². The predicted molar refractivity (Wildman–Crippen MR) is 408 cm³/mol. The second-order valence-corrected chi connectivity index (χ2v) is 26.3. The van der Waals surface area contributed by atoms with Gasteiger partial charge in [0, 0.05) is 19.3 Å². The van der Waals surface area contributed by atoms with E-state index in [-0.39, 0.29) is 25.7 Å². The highest BCUT2D eigenvalue weighted by atomic mass is 31.2. The fraction of sp³-hybridized carbons (Fsp3) is 0.556. The Morgan fingerprint density at radius 3 is 0.860 bits per heavy atom. The first kappa shape index (κ1) is 93.9. The summed E-state index contributed by atoms with van der Waals surface area (Å²) in [6.45, 7) is 4.12. The summed E-state index contributed by atoms with van der Waals surface area (Å²) in [6, 6.07) is 0. The van der Waals surface area contributed by atoms with E-state index in [0.717, 1.165) is 148 Å². The van der Waals surface area contributed by atoms with Crippen LogP contribution in [0.15, 0.2) is 194 Å². The van der Waals surface area contributed by atoms with E-state index in [1.165, 1.54) is 0 Å². The van der Waals surface area contributed by atoms with Gasteiger partial charge in [0.2, 0.25) is 0 Å². The van der Waals surface area contributed by atoms with E-state index >= 15 is 0 Å². The second-order valence-electron chi connectivity index (χ2n) is 23.4. The summed E-state index contributed by atoms with van der Waals surface area (Å²) in [5.41, 5.74) is 0. The molecule has 0 rings (SSSR count). The maximum Gasteiger partial charge on any atom is 0.472 e. The van der Waals surface area contributed by atoms with Crippen molar-refractivity contribution in [1.29, 1.82) is 0 Å². The molecule has 0 amide bonds. The zero-order chi connectivity index (χ0) is 73.2. The number of carbonyl (C=O) groups is 4. The highest BCUT2D eigenvalue weighted by molar-refractivity contribution is 7.47. The molecule has 0 aromatic rings.